The molecule has 0 unspecified atom stereocenters. The third-order valence-electron chi connectivity index (χ3n) is 7.47. The molecular formula is C27H30N2O5. The highest BCUT2D eigenvalue weighted by Gasteiger charge is 2.53. The number of ether oxygens (including phenoxy) is 1. The first kappa shape index (κ1) is 22.4. The van der Waals surface area contributed by atoms with Crippen LogP contribution in [0.5, 0.6) is 0 Å². The number of carboxylic acid groups (broad SMARTS) is 1. The molecule has 5 rings (SSSR count). The van der Waals surface area contributed by atoms with Crippen LogP contribution in [-0.2, 0) is 14.3 Å². The van der Waals surface area contributed by atoms with Crippen molar-refractivity contribution in [1.29, 1.82) is 0 Å². The van der Waals surface area contributed by atoms with E-state index in [9.17, 15) is 14.4 Å². The fourth-order valence-electron chi connectivity index (χ4n) is 5.30. The van der Waals surface area contributed by atoms with Gasteiger partial charge in [-0.2, -0.15) is 0 Å². The zero-order valence-electron chi connectivity index (χ0n) is 19.2. The minimum absolute atomic E-state index is 0.00816. The molecule has 2 aromatic rings. The summed E-state index contributed by atoms with van der Waals surface area (Å²) < 4.78 is 5.60. The van der Waals surface area contributed by atoms with E-state index in [-0.39, 0.29) is 24.9 Å². The molecule has 1 heterocycles. The number of alkyl carbamates (subject to hydrolysis) is 1. The van der Waals surface area contributed by atoms with Crippen molar-refractivity contribution in [3.8, 4) is 11.1 Å². The molecule has 2 N–H and O–H groups in total. The molecule has 3 aliphatic rings. The normalized spacial score (nSPS) is 17.9. The molecular weight excluding hydrogens is 432 g/mol. The van der Waals surface area contributed by atoms with Crippen LogP contribution in [0.2, 0.25) is 0 Å². The van der Waals surface area contributed by atoms with E-state index < -0.39 is 17.5 Å². The SMILES string of the molecule is O=C(O)CCCC1CN(C(=O)C2(CNC(=O)OCC3c4ccccc4-c4ccccc43)CC2)C1. The number of likely N-dealkylation sites (tertiary alicyclic amines) is 1. The minimum Gasteiger partial charge on any atom is -0.481 e. The van der Waals surface area contributed by atoms with Gasteiger partial charge in [0.15, 0.2) is 0 Å². The predicted molar refractivity (Wildman–Crippen MR) is 126 cm³/mol. The first-order valence-corrected chi connectivity index (χ1v) is 12.1. The van der Waals surface area contributed by atoms with Gasteiger partial charge in [0.1, 0.15) is 6.61 Å². The molecule has 0 bridgehead atoms. The summed E-state index contributed by atoms with van der Waals surface area (Å²) >= 11 is 0. The van der Waals surface area contributed by atoms with Crippen LogP contribution >= 0.6 is 0 Å². The van der Waals surface area contributed by atoms with Crippen molar-refractivity contribution in [1.82, 2.24) is 10.2 Å². The van der Waals surface area contributed by atoms with Gasteiger partial charge in [-0.25, -0.2) is 4.79 Å². The number of nitrogens with one attached hydrogen (secondary N) is 1. The van der Waals surface area contributed by atoms with E-state index in [0.717, 1.165) is 19.3 Å². The summed E-state index contributed by atoms with van der Waals surface area (Å²) in [4.78, 5) is 37.9. The van der Waals surface area contributed by atoms with Crippen LogP contribution in [0.1, 0.15) is 49.1 Å². The highest BCUT2D eigenvalue weighted by atomic mass is 16.5. The van der Waals surface area contributed by atoms with E-state index in [1.165, 1.54) is 22.3 Å². The van der Waals surface area contributed by atoms with Crippen molar-refractivity contribution in [2.75, 3.05) is 26.2 Å². The van der Waals surface area contributed by atoms with Crippen molar-refractivity contribution in [3.05, 3.63) is 59.7 Å². The highest BCUT2D eigenvalue weighted by Crippen LogP contribution is 2.48. The molecule has 0 spiro atoms. The second kappa shape index (κ2) is 9.12. The number of carboxylic acids is 1. The van der Waals surface area contributed by atoms with Crippen LogP contribution in [0, 0.1) is 11.3 Å². The fourth-order valence-corrected chi connectivity index (χ4v) is 5.30. The summed E-state index contributed by atoms with van der Waals surface area (Å²) in [6, 6.07) is 16.4. The van der Waals surface area contributed by atoms with Crippen LogP contribution in [0.15, 0.2) is 48.5 Å². The van der Waals surface area contributed by atoms with Crippen molar-refractivity contribution in [2.45, 2.75) is 38.0 Å². The Morgan fingerprint density at radius 1 is 1.00 bits per heavy atom. The van der Waals surface area contributed by atoms with E-state index in [1.807, 2.05) is 29.2 Å². The minimum atomic E-state index is -0.775. The summed E-state index contributed by atoms with van der Waals surface area (Å²) in [6.45, 7) is 1.92. The monoisotopic (exact) mass is 462 g/mol. The maximum absolute atomic E-state index is 12.9. The van der Waals surface area contributed by atoms with Crippen molar-refractivity contribution in [3.63, 3.8) is 0 Å². The van der Waals surface area contributed by atoms with Gasteiger partial charge < -0.3 is 20.1 Å². The third-order valence-corrected chi connectivity index (χ3v) is 7.47. The van der Waals surface area contributed by atoms with Crippen LogP contribution in [0.25, 0.3) is 11.1 Å². The molecule has 2 aromatic carbocycles. The highest BCUT2D eigenvalue weighted by molar-refractivity contribution is 5.87. The largest absolute Gasteiger partial charge is 0.481 e. The molecule has 0 aromatic heterocycles. The Balaban J connectivity index is 1.09. The molecule has 7 nitrogen and oxygen atoms in total. The Morgan fingerprint density at radius 2 is 1.62 bits per heavy atom. The zero-order valence-corrected chi connectivity index (χ0v) is 19.2. The molecule has 0 radical (unpaired) electrons. The Kier molecular flexibility index (Phi) is 6.02. The lowest BCUT2D eigenvalue weighted by molar-refractivity contribution is -0.144. The summed E-state index contributed by atoms with van der Waals surface area (Å²) in [5.41, 5.74) is 4.20. The Hall–Kier alpha value is -3.35. The van der Waals surface area contributed by atoms with Gasteiger partial charge in [-0.1, -0.05) is 48.5 Å². The van der Waals surface area contributed by atoms with E-state index >= 15 is 0 Å². The first-order valence-electron chi connectivity index (χ1n) is 12.1. The lowest BCUT2D eigenvalue weighted by Gasteiger charge is -2.41. The Labute approximate surface area is 199 Å². The van der Waals surface area contributed by atoms with Crippen LogP contribution in [0.4, 0.5) is 4.79 Å². The molecule has 2 amide bonds. The lowest BCUT2D eigenvalue weighted by Crippen LogP contribution is -2.54. The van der Waals surface area contributed by atoms with Crippen molar-refractivity contribution in [2.24, 2.45) is 11.3 Å². The van der Waals surface area contributed by atoms with Crippen molar-refractivity contribution < 1.29 is 24.2 Å². The number of rotatable bonds is 9. The maximum atomic E-state index is 12.9. The topological polar surface area (TPSA) is 95.9 Å². The summed E-state index contributed by atoms with van der Waals surface area (Å²) in [6.07, 6.45) is 2.72. The average Bonchev–Trinajstić information content (AvgIpc) is 3.54. The molecule has 1 aliphatic heterocycles. The van der Waals surface area contributed by atoms with Crippen LogP contribution in [0.3, 0.4) is 0 Å². The number of carbonyl (C=O) groups is 3. The zero-order chi connectivity index (χ0) is 23.7. The van der Waals surface area contributed by atoms with Gasteiger partial charge in [0, 0.05) is 32.0 Å². The van der Waals surface area contributed by atoms with Crippen molar-refractivity contribution >= 4 is 18.0 Å². The summed E-state index contributed by atoms with van der Waals surface area (Å²) in [7, 11) is 0. The van der Waals surface area contributed by atoms with Gasteiger partial charge in [0.2, 0.25) is 5.91 Å². The van der Waals surface area contributed by atoms with Crippen LogP contribution < -0.4 is 5.32 Å². The number of carbonyl (C=O) groups excluding carboxylic acids is 2. The van der Waals surface area contributed by atoms with Gasteiger partial charge >= 0.3 is 12.1 Å². The summed E-state index contributed by atoms with van der Waals surface area (Å²) in [5, 5.41) is 11.6. The smallest absolute Gasteiger partial charge is 0.407 e. The number of aliphatic carboxylic acids is 1. The fraction of sp³-hybridized carbons (Fsp3) is 0.444. The second-order valence-corrected chi connectivity index (χ2v) is 9.82. The molecule has 7 heteroatoms. The number of amides is 2. The average molecular weight is 463 g/mol. The van der Waals surface area contributed by atoms with E-state index in [4.69, 9.17) is 9.84 Å². The van der Waals surface area contributed by atoms with Gasteiger partial charge in [0.05, 0.1) is 5.41 Å². The maximum Gasteiger partial charge on any atom is 0.407 e. The molecule has 1 saturated heterocycles. The first-order chi connectivity index (χ1) is 16.5. The number of benzene rings is 2. The molecule has 0 atom stereocenters. The Bertz CT molecular complexity index is 1060. The third kappa shape index (κ3) is 4.39. The molecule has 2 aliphatic carbocycles. The van der Waals surface area contributed by atoms with Crippen LogP contribution in [-0.4, -0.2) is 54.2 Å². The molecule has 2 fully saturated rings. The number of fused-ring (bicyclic) bond motifs is 3. The molecule has 178 valence electrons. The van der Waals surface area contributed by atoms with Gasteiger partial charge in [-0.05, 0) is 53.9 Å². The molecule has 1 saturated carbocycles. The predicted octanol–water partition coefficient (Wildman–Crippen LogP) is 4.02. The lowest BCUT2D eigenvalue weighted by atomic mass is 9.91. The van der Waals surface area contributed by atoms with Gasteiger partial charge in [-0.3, -0.25) is 9.59 Å². The standard InChI is InChI=1S/C27H30N2O5/c30-24(31)11-5-6-18-14-29(15-18)25(32)27(12-13-27)17-28-26(33)34-16-23-21-9-3-1-7-19(21)20-8-2-4-10-22(20)23/h1-4,7-10,18,23H,5-6,11-17H2,(H,28,33)(H,30,31). The van der Waals surface area contributed by atoms with Gasteiger partial charge in [-0.15, -0.1) is 0 Å². The molecule has 34 heavy (non-hydrogen) atoms. The van der Waals surface area contributed by atoms with E-state index in [1.54, 1.807) is 0 Å². The van der Waals surface area contributed by atoms with Gasteiger partial charge in [0.25, 0.3) is 0 Å². The Morgan fingerprint density at radius 3 is 2.21 bits per heavy atom. The quantitative estimate of drug-likeness (QED) is 0.587. The van der Waals surface area contributed by atoms with E-state index in [0.29, 0.717) is 32.0 Å². The van der Waals surface area contributed by atoms with E-state index in [2.05, 4.69) is 29.6 Å². The number of hydrogen-bond donors (Lipinski definition) is 2. The second-order valence-electron chi connectivity index (χ2n) is 9.82. The summed E-state index contributed by atoms with van der Waals surface area (Å²) in [5.74, 6) is -0.285. The number of nitrogens with zero attached hydrogens (tertiary/aromatic N) is 1. The number of hydrogen-bond acceptors (Lipinski definition) is 4.